The number of amides is 2. The maximum absolute atomic E-state index is 12.9. The van der Waals surface area contributed by atoms with Gasteiger partial charge in [-0.1, -0.05) is 0 Å². The van der Waals surface area contributed by atoms with Crippen LogP contribution in [0.15, 0.2) is 29.4 Å². The fourth-order valence-electron chi connectivity index (χ4n) is 4.88. The van der Waals surface area contributed by atoms with Crippen LogP contribution < -0.4 is 4.90 Å². The number of likely N-dealkylation sites (tertiary alicyclic amines) is 1. The molecule has 1 fully saturated rings. The zero-order chi connectivity index (χ0) is 24.5. The van der Waals surface area contributed by atoms with Gasteiger partial charge in [0.25, 0.3) is 0 Å². The summed E-state index contributed by atoms with van der Waals surface area (Å²) in [5, 5.41) is 8.28. The summed E-state index contributed by atoms with van der Waals surface area (Å²) in [7, 11) is -3.58. The molecular formula is C24H33N5O4S. The Morgan fingerprint density at radius 3 is 2.56 bits per heavy atom. The Labute approximate surface area is 201 Å². The lowest BCUT2D eigenvalue weighted by molar-refractivity contribution is -0.132. The van der Waals surface area contributed by atoms with Crippen molar-refractivity contribution in [2.24, 2.45) is 5.92 Å². The van der Waals surface area contributed by atoms with E-state index in [1.807, 2.05) is 0 Å². The van der Waals surface area contributed by atoms with Crippen molar-refractivity contribution < 1.29 is 18.0 Å². The summed E-state index contributed by atoms with van der Waals surface area (Å²) in [5.74, 6) is 1.04. The molecule has 1 aromatic carbocycles. The highest BCUT2D eigenvalue weighted by atomic mass is 32.2. The lowest BCUT2D eigenvalue weighted by atomic mass is 9.93. The molecule has 2 aromatic rings. The smallest absolute Gasteiger partial charge is 0.223 e. The first kappa shape index (κ1) is 24.4. The second-order valence-electron chi connectivity index (χ2n) is 9.56. The Hall–Kier alpha value is -2.75. The number of piperidine rings is 1. The molecule has 0 atom stereocenters. The fraction of sp³-hybridized carbons (Fsp3) is 0.583. The van der Waals surface area contributed by atoms with E-state index >= 15 is 0 Å². The van der Waals surface area contributed by atoms with Gasteiger partial charge in [-0.05, 0) is 62.8 Å². The molecule has 1 saturated heterocycles. The molecule has 3 heterocycles. The van der Waals surface area contributed by atoms with Crippen LogP contribution in [0.3, 0.4) is 0 Å². The molecule has 1 aromatic heterocycles. The van der Waals surface area contributed by atoms with E-state index < -0.39 is 9.84 Å². The zero-order valence-corrected chi connectivity index (χ0v) is 20.9. The quantitative estimate of drug-likeness (QED) is 0.594. The van der Waals surface area contributed by atoms with Crippen LogP contribution in [0, 0.1) is 5.92 Å². The Morgan fingerprint density at radius 2 is 1.88 bits per heavy atom. The van der Waals surface area contributed by atoms with E-state index in [0.717, 1.165) is 36.3 Å². The van der Waals surface area contributed by atoms with Crippen LogP contribution in [0.5, 0.6) is 0 Å². The zero-order valence-electron chi connectivity index (χ0n) is 20.1. The number of rotatable bonds is 7. The highest BCUT2D eigenvalue weighted by molar-refractivity contribution is 7.91. The van der Waals surface area contributed by atoms with E-state index in [-0.39, 0.29) is 28.9 Å². The van der Waals surface area contributed by atoms with Gasteiger partial charge in [0.15, 0.2) is 9.84 Å². The van der Waals surface area contributed by atoms with Crippen LogP contribution in [0.1, 0.15) is 57.5 Å². The van der Waals surface area contributed by atoms with Crippen molar-refractivity contribution in [3.8, 4) is 0 Å². The van der Waals surface area contributed by atoms with Gasteiger partial charge >= 0.3 is 0 Å². The van der Waals surface area contributed by atoms with E-state index in [4.69, 9.17) is 0 Å². The minimum atomic E-state index is -3.58. The molecule has 0 radical (unpaired) electrons. The van der Waals surface area contributed by atoms with Gasteiger partial charge in [-0.2, -0.15) is 0 Å². The van der Waals surface area contributed by atoms with Gasteiger partial charge in [-0.3, -0.25) is 9.59 Å². The van der Waals surface area contributed by atoms with Gasteiger partial charge in [-0.25, -0.2) is 8.42 Å². The molecule has 0 aliphatic carbocycles. The number of fused-ring (bicyclic) bond motifs is 1. The molecule has 0 spiro atoms. The lowest BCUT2D eigenvalue weighted by Crippen LogP contribution is -2.39. The first-order chi connectivity index (χ1) is 16.2. The normalized spacial score (nSPS) is 16.8. The Morgan fingerprint density at radius 1 is 1.15 bits per heavy atom. The Bertz CT molecular complexity index is 1170. The minimum absolute atomic E-state index is 0.0225. The Balaban J connectivity index is 1.29. The van der Waals surface area contributed by atoms with Crippen molar-refractivity contribution in [3.05, 3.63) is 35.9 Å². The van der Waals surface area contributed by atoms with Crippen LogP contribution in [-0.2, 0) is 32.3 Å². The van der Waals surface area contributed by atoms with Gasteiger partial charge in [0.1, 0.15) is 12.2 Å². The van der Waals surface area contributed by atoms with Crippen LogP contribution in [0.25, 0.3) is 0 Å². The highest BCUT2D eigenvalue weighted by Crippen LogP contribution is 2.31. The topological polar surface area (TPSA) is 105 Å². The number of anilines is 1. The van der Waals surface area contributed by atoms with Gasteiger partial charge in [0, 0.05) is 51.1 Å². The Kier molecular flexibility index (Phi) is 7.06. The third-order valence-corrected chi connectivity index (χ3v) is 8.63. The third-order valence-electron chi connectivity index (χ3n) is 6.91. The molecule has 2 amide bonds. The monoisotopic (exact) mass is 487 g/mol. The van der Waals surface area contributed by atoms with E-state index in [1.54, 1.807) is 34.3 Å². The summed E-state index contributed by atoms with van der Waals surface area (Å²) >= 11 is 0. The minimum Gasteiger partial charge on any atom is -0.343 e. The number of carbonyl (C=O) groups excluding carboxylic acids is 2. The maximum Gasteiger partial charge on any atom is 0.223 e. The summed E-state index contributed by atoms with van der Waals surface area (Å²) in [6, 6.07) is 5.21. The predicted molar refractivity (Wildman–Crippen MR) is 128 cm³/mol. The van der Waals surface area contributed by atoms with E-state index in [0.29, 0.717) is 38.0 Å². The van der Waals surface area contributed by atoms with Crippen molar-refractivity contribution in [1.82, 2.24) is 19.7 Å². The van der Waals surface area contributed by atoms with Crippen molar-refractivity contribution >= 4 is 27.3 Å². The first-order valence-electron chi connectivity index (χ1n) is 12.0. The van der Waals surface area contributed by atoms with Crippen molar-refractivity contribution in [2.45, 2.75) is 63.8 Å². The molecule has 10 heteroatoms. The van der Waals surface area contributed by atoms with E-state index in [9.17, 15) is 18.0 Å². The van der Waals surface area contributed by atoms with Crippen molar-refractivity contribution in [3.63, 3.8) is 0 Å². The number of hydrogen-bond donors (Lipinski definition) is 0. The summed E-state index contributed by atoms with van der Waals surface area (Å²) < 4.78 is 27.9. The van der Waals surface area contributed by atoms with Crippen LogP contribution in [-0.4, -0.2) is 65.3 Å². The molecule has 0 unspecified atom stereocenters. The average Bonchev–Trinajstić information content (AvgIpc) is 3.44. The number of benzene rings is 1. The summed E-state index contributed by atoms with van der Waals surface area (Å²) in [5.41, 5.74) is 1.63. The molecule has 2 aliphatic rings. The standard InChI is InChI=1S/C24H33N5O4S/c1-17(2)29-16-25-26-23(29)14-19-6-10-27(11-7-19)24(31)9-13-34(32,33)21-4-5-22-20(15-21)8-12-28(22)18(3)30/h4-5,15-17,19H,6-14H2,1-3H3. The number of hydrogen-bond acceptors (Lipinski definition) is 6. The maximum atomic E-state index is 12.9. The first-order valence-corrected chi connectivity index (χ1v) is 13.6. The molecule has 0 saturated carbocycles. The van der Waals surface area contributed by atoms with Crippen molar-refractivity contribution in [2.75, 3.05) is 30.3 Å². The second-order valence-corrected chi connectivity index (χ2v) is 11.7. The largest absolute Gasteiger partial charge is 0.343 e. The fourth-order valence-corrected chi connectivity index (χ4v) is 6.16. The van der Waals surface area contributed by atoms with Crippen LogP contribution in [0.4, 0.5) is 5.69 Å². The molecule has 9 nitrogen and oxygen atoms in total. The average molecular weight is 488 g/mol. The van der Waals surface area contributed by atoms with Crippen LogP contribution >= 0.6 is 0 Å². The number of aromatic nitrogens is 3. The highest BCUT2D eigenvalue weighted by Gasteiger charge is 2.28. The number of sulfone groups is 1. The van der Waals surface area contributed by atoms with E-state index in [1.165, 1.54) is 6.92 Å². The SMILES string of the molecule is CC(=O)N1CCc2cc(S(=O)(=O)CCC(=O)N3CCC(Cc4nncn4C(C)C)CC3)ccc21. The van der Waals surface area contributed by atoms with Crippen molar-refractivity contribution in [1.29, 1.82) is 0 Å². The lowest BCUT2D eigenvalue weighted by Gasteiger charge is -2.32. The molecule has 4 rings (SSSR count). The summed E-state index contributed by atoms with van der Waals surface area (Å²) in [6.07, 6.45) is 4.97. The van der Waals surface area contributed by atoms with E-state index in [2.05, 4.69) is 28.6 Å². The number of nitrogens with zero attached hydrogens (tertiary/aromatic N) is 5. The molecule has 34 heavy (non-hydrogen) atoms. The molecular weight excluding hydrogens is 454 g/mol. The molecule has 184 valence electrons. The predicted octanol–water partition coefficient (Wildman–Crippen LogP) is 2.41. The molecule has 0 bridgehead atoms. The molecule has 2 aliphatic heterocycles. The second kappa shape index (κ2) is 9.85. The van der Waals surface area contributed by atoms with Gasteiger partial charge in [0.05, 0.1) is 10.6 Å². The van der Waals surface area contributed by atoms with Gasteiger partial charge in [0.2, 0.25) is 11.8 Å². The van der Waals surface area contributed by atoms with Gasteiger partial charge < -0.3 is 14.4 Å². The third kappa shape index (κ3) is 5.16. The summed E-state index contributed by atoms with van der Waals surface area (Å²) in [6.45, 7) is 7.56. The summed E-state index contributed by atoms with van der Waals surface area (Å²) in [4.78, 5) is 28.1. The van der Waals surface area contributed by atoms with Gasteiger partial charge in [-0.15, -0.1) is 10.2 Å². The van der Waals surface area contributed by atoms with Crippen LogP contribution in [0.2, 0.25) is 0 Å². The number of carbonyl (C=O) groups is 2. The molecule has 0 N–H and O–H groups in total.